The van der Waals surface area contributed by atoms with Gasteiger partial charge in [0.05, 0.1) is 6.20 Å². The van der Waals surface area contributed by atoms with Crippen molar-refractivity contribution >= 4 is 10.8 Å². The number of benzene rings is 1. The second-order valence-corrected chi connectivity index (χ2v) is 3.97. The van der Waals surface area contributed by atoms with Gasteiger partial charge in [-0.3, -0.25) is 0 Å². The summed E-state index contributed by atoms with van der Waals surface area (Å²) in [7, 11) is 0. The van der Waals surface area contributed by atoms with Gasteiger partial charge in [-0.2, -0.15) is 5.10 Å². The Morgan fingerprint density at radius 1 is 1.31 bits per heavy atom. The molecule has 1 aliphatic heterocycles. The van der Waals surface area contributed by atoms with Crippen LogP contribution in [0.5, 0.6) is 5.88 Å². The largest absolute Gasteiger partial charge is 0.471 e. The number of hydrogen-bond acceptors (Lipinski definition) is 4. The van der Waals surface area contributed by atoms with Crippen LogP contribution in [0.2, 0.25) is 0 Å². The quantitative estimate of drug-likeness (QED) is 0.822. The van der Waals surface area contributed by atoms with E-state index in [9.17, 15) is 0 Å². The maximum atomic E-state index is 5.85. The van der Waals surface area contributed by atoms with E-state index in [-0.39, 0.29) is 6.10 Å². The van der Waals surface area contributed by atoms with Crippen LogP contribution in [0.4, 0.5) is 0 Å². The zero-order valence-electron chi connectivity index (χ0n) is 8.89. The predicted octanol–water partition coefficient (Wildman–Crippen LogP) is 1.37. The number of rotatable bonds is 2. The monoisotopic (exact) mass is 215 g/mol. The summed E-state index contributed by atoms with van der Waals surface area (Å²) in [6.07, 6.45) is 3.01. The molecule has 3 rings (SSSR count). The maximum absolute atomic E-state index is 5.85. The van der Waals surface area contributed by atoms with Gasteiger partial charge in [-0.15, -0.1) is 5.10 Å². The van der Waals surface area contributed by atoms with Crippen LogP contribution >= 0.6 is 0 Å². The average molecular weight is 215 g/mol. The normalized spacial score (nSPS) is 20.1. The molecule has 1 fully saturated rings. The zero-order chi connectivity index (χ0) is 10.8. The van der Waals surface area contributed by atoms with Crippen LogP contribution in [0.25, 0.3) is 10.8 Å². The summed E-state index contributed by atoms with van der Waals surface area (Å²) in [5, 5.41) is 13.4. The summed E-state index contributed by atoms with van der Waals surface area (Å²) in [6, 6.07) is 8.01. The van der Waals surface area contributed by atoms with Crippen molar-refractivity contribution in [2.75, 3.05) is 13.1 Å². The topological polar surface area (TPSA) is 47.0 Å². The molecule has 0 unspecified atom stereocenters. The number of fused-ring (bicyclic) bond motifs is 1. The van der Waals surface area contributed by atoms with Gasteiger partial charge in [-0.05, 0) is 19.0 Å². The molecule has 1 saturated heterocycles. The number of ether oxygens (including phenoxy) is 1. The third-order valence-corrected chi connectivity index (χ3v) is 2.83. The average Bonchev–Trinajstić information content (AvgIpc) is 2.82. The summed E-state index contributed by atoms with van der Waals surface area (Å²) in [6.45, 7) is 1.91. The minimum absolute atomic E-state index is 0.222. The van der Waals surface area contributed by atoms with E-state index in [1.807, 2.05) is 24.3 Å². The molecule has 16 heavy (non-hydrogen) atoms. The molecule has 0 saturated carbocycles. The van der Waals surface area contributed by atoms with E-state index in [1.54, 1.807) is 6.20 Å². The zero-order valence-corrected chi connectivity index (χ0v) is 8.89. The molecular formula is C12H13N3O. The lowest BCUT2D eigenvalue weighted by Crippen LogP contribution is -2.20. The van der Waals surface area contributed by atoms with Crippen LogP contribution in [0.3, 0.4) is 0 Å². The Balaban J connectivity index is 1.96. The van der Waals surface area contributed by atoms with Gasteiger partial charge in [0, 0.05) is 17.3 Å². The van der Waals surface area contributed by atoms with E-state index >= 15 is 0 Å². The van der Waals surface area contributed by atoms with E-state index in [1.165, 1.54) is 0 Å². The van der Waals surface area contributed by atoms with Crippen molar-refractivity contribution in [1.82, 2.24) is 15.5 Å². The third kappa shape index (κ3) is 1.72. The maximum Gasteiger partial charge on any atom is 0.241 e. The van der Waals surface area contributed by atoms with E-state index in [4.69, 9.17) is 4.74 Å². The highest BCUT2D eigenvalue weighted by atomic mass is 16.5. The van der Waals surface area contributed by atoms with Crippen LogP contribution in [-0.2, 0) is 0 Å². The molecule has 1 aromatic heterocycles. The van der Waals surface area contributed by atoms with Crippen molar-refractivity contribution in [2.24, 2.45) is 0 Å². The fraction of sp³-hybridized carbons (Fsp3) is 0.333. The molecule has 82 valence electrons. The second-order valence-electron chi connectivity index (χ2n) is 3.97. The van der Waals surface area contributed by atoms with Crippen LogP contribution in [0.1, 0.15) is 6.42 Å². The molecule has 0 bridgehead atoms. The van der Waals surface area contributed by atoms with Gasteiger partial charge < -0.3 is 10.1 Å². The first-order chi connectivity index (χ1) is 7.93. The van der Waals surface area contributed by atoms with Crippen molar-refractivity contribution in [3.63, 3.8) is 0 Å². The molecule has 2 aromatic rings. The Labute approximate surface area is 93.6 Å². The van der Waals surface area contributed by atoms with Crippen molar-refractivity contribution < 1.29 is 4.74 Å². The van der Waals surface area contributed by atoms with Gasteiger partial charge in [-0.25, -0.2) is 0 Å². The second kappa shape index (κ2) is 4.06. The summed E-state index contributed by atoms with van der Waals surface area (Å²) in [5.41, 5.74) is 0. The molecule has 4 nitrogen and oxygen atoms in total. The van der Waals surface area contributed by atoms with Gasteiger partial charge in [0.2, 0.25) is 5.88 Å². The third-order valence-electron chi connectivity index (χ3n) is 2.83. The summed E-state index contributed by atoms with van der Waals surface area (Å²) >= 11 is 0. The van der Waals surface area contributed by atoms with Crippen LogP contribution in [-0.4, -0.2) is 29.4 Å². The standard InChI is InChI=1S/C12H13N3O/c1-2-4-11-9(3-1)7-14-15-12(11)16-10-5-6-13-8-10/h1-4,7,10,13H,5-6,8H2/t10-/m0/s1. The first-order valence-electron chi connectivity index (χ1n) is 5.51. The smallest absolute Gasteiger partial charge is 0.241 e. The molecule has 1 aliphatic rings. The first kappa shape index (κ1) is 9.54. The lowest BCUT2D eigenvalue weighted by molar-refractivity contribution is 0.215. The fourth-order valence-corrected chi connectivity index (χ4v) is 1.98. The van der Waals surface area contributed by atoms with Crippen LogP contribution in [0, 0.1) is 0 Å². The molecule has 0 aliphatic carbocycles. The Morgan fingerprint density at radius 2 is 2.25 bits per heavy atom. The highest BCUT2D eigenvalue weighted by Gasteiger charge is 2.17. The van der Waals surface area contributed by atoms with Crippen molar-refractivity contribution in [3.05, 3.63) is 30.5 Å². The van der Waals surface area contributed by atoms with E-state index in [2.05, 4.69) is 15.5 Å². The molecule has 4 heteroatoms. The summed E-state index contributed by atoms with van der Waals surface area (Å²) < 4.78 is 5.85. The minimum atomic E-state index is 0.222. The molecule has 0 radical (unpaired) electrons. The minimum Gasteiger partial charge on any atom is -0.471 e. The Morgan fingerprint density at radius 3 is 3.12 bits per heavy atom. The molecular weight excluding hydrogens is 202 g/mol. The Hall–Kier alpha value is -1.68. The Bertz CT molecular complexity index is 489. The molecule has 0 amide bonds. The molecule has 1 N–H and O–H groups in total. The molecule has 0 spiro atoms. The van der Waals surface area contributed by atoms with E-state index < -0.39 is 0 Å². The molecule has 2 heterocycles. The predicted molar refractivity (Wildman–Crippen MR) is 61.4 cm³/mol. The van der Waals surface area contributed by atoms with Crippen LogP contribution < -0.4 is 10.1 Å². The molecule has 1 atom stereocenters. The highest BCUT2D eigenvalue weighted by Crippen LogP contribution is 2.23. The van der Waals surface area contributed by atoms with Gasteiger partial charge >= 0.3 is 0 Å². The number of nitrogens with one attached hydrogen (secondary N) is 1. The lowest BCUT2D eigenvalue weighted by Gasteiger charge is -2.12. The van der Waals surface area contributed by atoms with Gasteiger partial charge in [0.25, 0.3) is 0 Å². The Kier molecular flexibility index (Phi) is 2.42. The van der Waals surface area contributed by atoms with Gasteiger partial charge in [-0.1, -0.05) is 18.2 Å². The van der Waals surface area contributed by atoms with Gasteiger partial charge in [0.15, 0.2) is 0 Å². The summed E-state index contributed by atoms with van der Waals surface area (Å²) in [4.78, 5) is 0. The SMILES string of the molecule is c1ccc2c(O[C@H]3CCNC3)nncc2c1. The number of hydrogen-bond donors (Lipinski definition) is 1. The van der Waals surface area contributed by atoms with Crippen molar-refractivity contribution in [1.29, 1.82) is 0 Å². The van der Waals surface area contributed by atoms with Crippen molar-refractivity contribution in [2.45, 2.75) is 12.5 Å². The molecule has 1 aromatic carbocycles. The van der Waals surface area contributed by atoms with E-state index in [0.717, 1.165) is 30.3 Å². The summed E-state index contributed by atoms with van der Waals surface area (Å²) in [5.74, 6) is 0.645. The van der Waals surface area contributed by atoms with Crippen LogP contribution in [0.15, 0.2) is 30.5 Å². The highest BCUT2D eigenvalue weighted by molar-refractivity contribution is 5.85. The van der Waals surface area contributed by atoms with Gasteiger partial charge in [0.1, 0.15) is 6.10 Å². The number of aromatic nitrogens is 2. The fourth-order valence-electron chi connectivity index (χ4n) is 1.98. The number of nitrogens with zero attached hydrogens (tertiary/aromatic N) is 2. The first-order valence-corrected chi connectivity index (χ1v) is 5.51. The van der Waals surface area contributed by atoms with E-state index in [0.29, 0.717) is 5.88 Å². The lowest BCUT2D eigenvalue weighted by atomic mass is 10.2. The van der Waals surface area contributed by atoms with Crippen molar-refractivity contribution in [3.8, 4) is 5.88 Å².